The Balaban J connectivity index is 1.51. The lowest BCUT2D eigenvalue weighted by atomic mass is 9.94. The van der Waals surface area contributed by atoms with Crippen LogP contribution in [-0.4, -0.2) is 80.8 Å². The predicted molar refractivity (Wildman–Crippen MR) is 124 cm³/mol. The molecule has 1 N–H and O–H groups in total. The zero-order valence-corrected chi connectivity index (χ0v) is 20.7. The molecule has 3 rings (SSSR count). The van der Waals surface area contributed by atoms with Gasteiger partial charge in [-0.3, -0.25) is 14.6 Å². The summed E-state index contributed by atoms with van der Waals surface area (Å²) in [5.41, 5.74) is -0.104. The van der Waals surface area contributed by atoms with Gasteiger partial charge in [0, 0.05) is 61.3 Å². The molecular formula is C22H40N6OS. The average Bonchev–Trinajstić information content (AvgIpc) is 3.33. The van der Waals surface area contributed by atoms with Gasteiger partial charge in [0.25, 0.3) is 0 Å². The summed E-state index contributed by atoms with van der Waals surface area (Å²) in [5, 5.41) is 4.45. The van der Waals surface area contributed by atoms with Crippen molar-refractivity contribution in [1.82, 2.24) is 24.1 Å². The van der Waals surface area contributed by atoms with E-state index in [1.54, 1.807) is 0 Å². The Morgan fingerprint density at radius 2 is 1.80 bits per heavy atom. The minimum Gasteiger partial charge on any atom is -0.359 e. The molecule has 0 saturated carbocycles. The minimum atomic E-state index is -0.313. The molecule has 8 heteroatoms. The lowest BCUT2D eigenvalue weighted by Gasteiger charge is -2.39. The number of carbonyl (C=O) groups excluding carboxylic acids is 1. The number of anilines is 1. The summed E-state index contributed by atoms with van der Waals surface area (Å²) in [4.78, 5) is 24.3. The first kappa shape index (κ1) is 23.4. The number of piperazine rings is 1. The van der Waals surface area contributed by atoms with E-state index in [0.717, 1.165) is 43.7 Å². The summed E-state index contributed by atoms with van der Waals surface area (Å²) in [6.07, 6.45) is 2.51. The number of hydrogen-bond acceptors (Lipinski definition) is 7. The Morgan fingerprint density at radius 3 is 2.40 bits per heavy atom. The highest BCUT2D eigenvalue weighted by atomic mass is 32.1. The lowest BCUT2D eigenvalue weighted by Crippen LogP contribution is -2.52. The molecule has 30 heavy (non-hydrogen) atoms. The van der Waals surface area contributed by atoms with Crippen molar-refractivity contribution >= 4 is 22.6 Å². The van der Waals surface area contributed by atoms with Gasteiger partial charge in [0.05, 0.1) is 6.04 Å². The topological polar surface area (TPSA) is 64.6 Å². The molecule has 2 fully saturated rings. The average molecular weight is 437 g/mol. The van der Waals surface area contributed by atoms with E-state index in [-0.39, 0.29) is 22.9 Å². The second kappa shape index (κ2) is 9.09. The highest BCUT2D eigenvalue weighted by Gasteiger charge is 2.33. The molecule has 0 aromatic carbocycles. The Labute approximate surface area is 186 Å². The van der Waals surface area contributed by atoms with Gasteiger partial charge < -0.3 is 10.2 Å². The molecule has 7 nitrogen and oxygen atoms in total. The van der Waals surface area contributed by atoms with E-state index >= 15 is 0 Å². The van der Waals surface area contributed by atoms with Crippen molar-refractivity contribution in [3.8, 4) is 0 Å². The van der Waals surface area contributed by atoms with E-state index < -0.39 is 0 Å². The van der Waals surface area contributed by atoms with Gasteiger partial charge in [-0.25, -0.2) is 4.98 Å². The molecule has 170 valence electrons. The maximum absolute atomic E-state index is 12.5. The molecule has 2 aliphatic rings. The monoisotopic (exact) mass is 436 g/mol. The third-order valence-electron chi connectivity index (χ3n) is 6.33. The number of nitrogens with one attached hydrogen (secondary N) is 1. The Kier molecular flexibility index (Phi) is 7.09. The zero-order chi connectivity index (χ0) is 22.1. The normalized spacial score (nSPS) is 23.0. The number of carbonyl (C=O) groups is 1. The summed E-state index contributed by atoms with van der Waals surface area (Å²) < 4.78 is 4.63. The maximum atomic E-state index is 12.5. The molecule has 0 spiro atoms. The molecule has 0 aliphatic carbocycles. The van der Waals surface area contributed by atoms with Crippen LogP contribution in [0, 0.1) is 5.41 Å². The molecule has 2 atom stereocenters. The number of nitrogens with zero attached hydrogens (tertiary/aromatic N) is 5. The molecule has 2 aliphatic heterocycles. The van der Waals surface area contributed by atoms with Gasteiger partial charge in [0.15, 0.2) is 5.82 Å². The number of likely N-dealkylation sites (tertiary alicyclic amines) is 1. The van der Waals surface area contributed by atoms with E-state index in [9.17, 15) is 4.79 Å². The predicted octanol–water partition coefficient (Wildman–Crippen LogP) is 3.46. The third-order valence-corrected chi connectivity index (χ3v) is 7.02. The summed E-state index contributed by atoms with van der Waals surface area (Å²) >= 11 is 1.46. The summed E-state index contributed by atoms with van der Waals surface area (Å²) in [5.74, 6) is 1.13. The molecule has 1 aromatic heterocycles. The van der Waals surface area contributed by atoms with E-state index in [1.165, 1.54) is 30.9 Å². The highest BCUT2D eigenvalue weighted by molar-refractivity contribution is 7.09. The van der Waals surface area contributed by atoms with Gasteiger partial charge in [-0.1, -0.05) is 20.8 Å². The number of rotatable bonds is 5. The van der Waals surface area contributed by atoms with Crippen LogP contribution in [-0.2, 0) is 4.79 Å². The molecule has 2 saturated heterocycles. The van der Waals surface area contributed by atoms with Crippen molar-refractivity contribution in [1.29, 1.82) is 0 Å². The first-order chi connectivity index (χ1) is 14.0. The van der Waals surface area contributed by atoms with Crippen molar-refractivity contribution in [2.75, 3.05) is 44.6 Å². The van der Waals surface area contributed by atoms with Gasteiger partial charge in [-0.2, -0.15) is 4.37 Å². The van der Waals surface area contributed by atoms with Gasteiger partial charge in [-0.15, -0.1) is 0 Å². The standard InChI is InChI=1S/C22H40N6OS/c1-16(26-11-13-27(14-12-26)19(29)21(2,3)4)18-24-20(30-25-18)23-15-17-9-8-10-28(17)22(5,6)7/h16-17H,8-15H2,1-7H3,(H,23,24,25)/t16-,17-/m0/s1. The molecule has 0 bridgehead atoms. The fourth-order valence-corrected chi connectivity index (χ4v) is 5.22. The van der Waals surface area contributed by atoms with Gasteiger partial charge >= 0.3 is 0 Å². The van der Waals surface area contributed by atoms with Crippen LogP contribution >= 0.6 is 11.5 Å². The van der Waals surface area contributed by atoms with E-state index in [2.05, 4.69) is 47.2 Å². The molecular weight excluding hydrogens is 396 g/mol. The third kappa shape index (κ3) is 5.51. The van der Waals surface area contributed by atoms with Crippen LogP contribution in [0.3, 0.4) is 0 Å². The van der Waals surface area contributed by atoms with Crippen LogP contribution in [0.2, 0.25) is 0 Å². The van der Waals surface area contributed by atoms with Crippen LogP contribution < -0.4 is 5.32 Å². The smallest absolute Gasteiger partial charge is 0.228 e. The lowest BCUT2D eigenvalue weighted by molar-refractivity contribution is -0.141. The fraction of sp³-hybridized carbons (Fsp3) is 0.864. The molecule has 0 unspecified atom stereocenters. The van der Waals surface area contributed by atoms with Crippen LogP contribution in [0.4, 0.5) is 5.13 Å². The summed E-state index contributed by atoms with van der Waals surface area (Å²) in [7, 11) is 0. The van der Waals surface area contributed by atoms with E-state index in [1.807, 2.05) is 25.7 Å². The quantitative estimate of drug-likeness (QED) is 0.763. The second-order valence-corrected chi connectivity index (χ2v) is 11.5. The van der Waals surface area contributed by atoms with Gasteiger partial charge in [-0.05, 0) is 47.1 Å². The number of amides is 1. The van der Waals surface area contributed by atoms with Crippen LogP contribution in [0.5, 0.6) is 0 Å². The van der Waals surface area contributed by atoms with Crippen molar-refractivity contribution < 1.29 is 4.79 Å². The Morgan fingerprint density at radius 1 is 1.13 bits per heavy atom. The Bertz CT molecular complexity index is 714. The Hall–Kier alpha value is -1.25. The minimum absolute atomic E-state index is 0.168. The molecule has 0 radical (unpaired) electrons. The van der Waals surface area contributed by atoms with Crippen molar-refractivity contribution in [3.05, 3.63) is 5.82 Å². The van der Waals surface area contributed by atoms with Crippen LogP contribution in [0.15, 0.2) is 0 Å². The van der Waals surface area contributed by atoms with Crippen LogP contribution in [0.25, 0.3) is 0 Å². The summed E-state index contributed by atoms with van der Waals surface area (Å²) in [6.45, 7) is 20.4. The van der Waals surface area contributed by atoms with E-state index in [0.29, 0.717) is 6.04 Å². The molecule has 3 heterocycles. The maximum Gasteiger partial charge on any atom is 0.228 e. The molecule has 1 aromatic rings. The largest absolute Gasteiger partial charge is 0.359 e. The fourth-order valence-electron chi connectivity index (χ4n) is 4.56. The SMILES string of the molecule is C[C@@H](c1nsc(NC[C@@H]2CCCN2C(C)(C)C)n1)N1CCN(C(=O)C(C)(C)C)CC1. The number of hydrogen-bond donors (Lipinski definition) is 1. The van der Waals surface area contributed by atoms with Gasteiger partial charge in [0.2, 0.25) is 11.0 Å². The van der Waals surface area contributed by atoms with Crippen molar-refractivity contribution in [2.45, 2.75) is 78.9 Å². The number of aromatic nitrogens is 2. The van der Waals surface area contributed by atoms with E-state index in [4.69, 9.17) is 4.98 Å². The van der Waals surface area contributed by atoms with Gasteiger partial charge in [0.1, 0.15) is 0 Å². The van der Waals surface area contributed by atoms with Crippen molar-refractivity contribution in [2.24, 2.45) is 5.41 Å². The second-order valence-electron chi connectivity index (χ2n) is 10.8. The zero-order valence-electron chi connectivity index (χ0n) is 19.9. The first-order valence-corrected chi connectivity index (χ1v) is 12.1. The summed E-state index contributed by atoms with van der Waals surface area (Å²) in [6, 6.07) is 0.726. The molecule has 1 amide bonds. The highest BCUT2D eigenvalue weighted by Crippen LogP contribution is 2.28. The first-order valence-electron chi connectivity index (χ1n) is 11.3. The van der Waals surface area contributed by atoms with Crippen LogP contribution in [0.1, 0.15) is 73.2 Å². The van der Waals surface area contributed by atoms with Crippen molar-refractivity contribution in [3.63, 3.8) is 0 Å².